The van der Waals surface area contributed by atoms with Crippen LogP contribution in [-0.4, -0.2) is 22.4 Å². The lowest BCUT2D eigenvalue weighted by atomic mass is 10.1. The molecule has 1 aromatic heterocycles. The van der Waals surface area contributed by atoms with Crippen molar-refractivity contribution in [3.63, 3.8) is 0 Å². The summed E-state index contributed by atoms with van der Waals surface area (Å²) in [4.78, 5) is 39.5. The Kier molecular flexibility index (Phi) is 5.54. The minimum absolute atomic E-state index is 0.0746. The number of hydrogen-bond donors (Lipinski definition) is 1. The molecular formula is C27H27N3O3. The summed E-state index contributed by atoms with van der Waals surface area (Å²) in [7, 11) is 0. The molecule has 33 heavy (non-hydrogen) atoms. The van der Waals surface area contributed by atoms with Crippen LogP contribution in [0.2, 0.25) is 0 Å². The molecule has 1 aliphatic rings. The van der Waals surface area contributed by atoms with Gasteiger partial charge < -0.3 is 4.57 Å². The van der Waals surface area contributed by atoms with Gasteiger partial charge in [0.1, 0.15) is 5.57 Å². The normalized spacial score (nSPS) is 15.4. The summed E-state index contributed by atoms with van der Waals surface area (Å²) >= 11 is 0. The molecular weight excluding hydrogens is 414 g/mol. The van der Waals surface area contributed by atoms with E-state index in [1.165, 1.54) is 0 Å². The fourth-order valence-corrected chi connectivity index (χ4v) is 4.54. The first kappa shape index (κ1) is 22.3. The van der Waals surface area contributed by atoms with Crippen molar-refractivity contribution < 1.29 is 14.4 Å². The predicted molar refractivity (Wildman–Crippen MR) is 130 cm³/mol. The van der Waals surface area contributed by atoms with Crippen LogP contribution < -0.4 is 10.2 Å². The van der Waals surface area contributed by atoms with Crippen molar-refractivity contribution in [2.75, 3.05) is 4.90 Å². The summed E-state index contributed by atoms with van der Waals surface area (Å²) in [6.07, 6.45) is 1.57. The number of carbonyl (C=O) groups is 3. The molecule has 6 heteroatoms. The molecule has 4 rings (SSSR count). The summed E-state index contributed by atoms with van der Waals surface area (Å²) in [5.74, 6) is -1.33. The maximum Gasteiger partial charge on any atom is 0.335 e. The van der Waals surface area contributed by atoms with Gasteiger partial charge in [-0.15, -0.1) is 0 Å². The Bertz CT molecular complexity index is 1320. The van der Waals surface area contributed by atoms with Crippen LogP contribution >= 0.6 is 0 Å². The highest BCUT2D eigenvalue weighted by Crippen LogP contribution is 2.27. The number of nitrogens with zero attached hydrogens (tertiary/aromatic N) is 2. The van der Waals surface area contributed by atoms with E-state index in [1.54, 1.807) is 18.2 Å². The lowest BCUT2D eigenvalue weighted by Gasteiger charge is -2.27. The van der Waals surface area contributed by atoms with E-state index < -0.39 is 17.8 Å². The number of amides is 4. The SMILES string of the molecule is Cc1cc(C)cc(N2C(=O)NC(=O)/C(=C\c3cc(C)n(-c4cc(C)cc(C)c4)c3C)C2=O)c1. The zero-order chi connectivity index (χ0) is 24.0. The van der Waals surface area contributed by atoms with Gasteiger partial charge in [0.25, 0.3) is 11.8 Å². The van der Waals surface area contributed by atoms with E-state index in [2.05, 4.69) is 41.9 Å². The molecule has 1 aliphatic heterocycles. The number of benzene rings is 2. The van der Waals surface area contributed by atoms with E-state index in [4.69, 9.17) is 0 Å². The number of anilines is 1. The van der Waals surface area contributed by atoms with Gasteiger partial charge >= 0.3 is 6.03 Å². The lowest BCUT2D eigenvalue weighted by molar-refractivity contribution is -0.122. The van der Waals surface area contributed by atoms with Crippen molar-refractivity contribution in [1.82, 2.24) is 9.88 Å². The Morgan fingerprint density at radius 1 is 0.697 bits per heavy atom. The third kappa shape index (κ3) is 4.12. The Hall–Kier alpha value is -3.93. The highest BCUT2D eigenvalue weighted by molar-refractivity contribution is 6.39. The molecule has 6 nitrogen and oxygen atoms in total. The molecule has 0 spiro atoms. The largest absolute Gasteiger partial charge is 0.335 e. The number of aromatic nitrogens is 1. The second kappa shape index (κ2) is 8.20. The van der Waals surface area contributed by atoms with Gasteiger partial charge in [0.15, 0.2) is 0 Å². The van der Waals surface area contributed by atoms with E-state index in [9.17, 15) is 14.4 Å². The molecule has 0 saturated carbocycles. The van der Waals surface area contributed by atoms with Gasteiger partial charge in [0.2, 0.25) is 0 Å². The zero-order valence-electron chi connectivity index (χ0n) is 19.7. The van der Waals surface area contributed by atoms with Crippen molar-refractivity contribution in [1.29, 1.82) is 0 Å². The number of hydrogen-bond acceptors (Lipinski definition) is 3. The van der Waals surface area contributed by atoms with E-state index in [-0.39, 0.29) is 5.57 Å². The standard InChI is InChI=1S/C27H27N3O3/c1-15-7-16(2)10-22(9-15)29-19(5)13-21(20(29)6)14-24-25(31)28-27(33)30(26(24)32)23-11-17(3)8-18(4)12-23/h7-14H,1-6H3,(H,28,31,33)/b24-14+. The maximum atomic E-state index is 13.3. The van der Waals surface area contributed by atoms with Gasteiger partial charge in [0.05, 0.1) is 5.69 Å². The summed E-state index contributed by atoms with van der Waals surface area (Å²) in [5.41, 5.74) is 8.18. The molecule has 1 fully saturated rings. The average Bonchev–Trinajstić information content (AvgIpc) is 2.96. The Morgan fingerprint density at radius 3 is 1.76 bits per heavy atom. The van der Waals surface area contributed by atoms with Gasteiger partial charge in [-0.3, -0.25) is 14.9 Å². The third-order valence-electron chi connectivity index (χ3n) is 5.80. The average molecular weight is 442 g/mol. The molecule has 3 aromatic rings. The van der Waals surface area contributed by atoms with Crippen molar-refractivity contribution in [2.24, 2.45) is 0 Å². The number of rotatable bonds is 3. The van der Waals surface area contributed by atoms with Gasteiger partial charge in [-0.2, -0.15) is 0 Å². The molecule has 0 atom stereocenters. The number of barbiturate groups is 1. The molecule has 1 N–H and O–H groups in total. The monoisotopic (exact) mass is 441 g/mol. The van der Waals surface area contributed by atoms with Gasteiger partial charge in [0, 0.05) is 17.1 Å². The Labute approximate surface area is 193 Å². The number of urea groups is 1. The summed E-state index contributed by atoms with van der Waals surface area (Å²) in [6.45, 7) is 11.8. The molecule has 2 heterocycles. The molecule has 168 valence electrons. The number of imide groups is 2. The molecule has 0 aliphatic carbocycles. The first-order valence-electron chi connectivity index (χ1n) is 10.8. The number of carbonyl (C=O) groups excluding carboxylic acids is 3. The molecule has 0 unspecified atom stereocenters. The first-order chi connectivity index (χ1) is 15.5. The van der Waals surface area contributed by atoms with Crippen LogP contribution in [0.5, 0.6) is 0 Å². The fourth-order valence-electron chi connectivity index (χ4n) is 4.54. The van der Waals surface area contributed by atoms with E-state index >= 15 is 0 Å². The minimum atomic E-state index is -0.743. The van der Waals surface area contributed by atoms with Gasteiger partial charge in [-0.1, -0.05) is 12.1 Å². The maximum absolute atomic E-state index is 13.3. The van der Waals surface area contributed by atoms with Crippen molar-refractivity contribution >= 4 is 29.6 Å². The Morgan fingerprint density at radius 2 is 1.21 bits per heavy atom. The van der Waals surface area contributed by atoms with Crippen LogP contribution in [0.4, 0.5) is 10.5 Å². The molecule has 2 aromatic carbocycles. The Balaban J connectivity index is 1.79. The van der Waals surface area contributed by atoms with Crippen LogP contribution in [0.15, 0.2) is 48.0 Å². The first-order valence-corrected chi connectivity index (χ1v) is 10.8. The zero-order valence-corrected chi connectivity index (χ0v) is 19.7. The fraction of sp³-hybridized carbons (Fsp3) is 0.222. The van der Waals surface area contributed by atoms with Crippen LogP contribution in [-0.2, 0) is 9.59 Å². The summed E-state index contributed by atoms with van der Waals surface area (Å²) in [5, 5.41) is 2.31. The van der Waals surface area contributed by atoms with Crippen molar-refractivity contribution in [3.05, 3.63) is 87.2 Å². The van der Waals surface area contributed by atoms with Crippen molar-refractivity contribution in [2.45, 2.75) is 41.5 Å². The predicted octanol–water partition coefficient (Wildman–Crippen LogP) is 4.99. The second-order valence-corrected chi connectivity index (χ2v) is 8.81. The summed E-state index contributed by atoms with van der Waals surface area (Å²) in [6, 6.07) is 13.0. The topological polar surface area (TPSA) is 71.4 Å². The number of aryl methyl sites for hydroxylation is 5. The smallest absolute Gasteiger partial charge is 0.318 e. The quantitative estimate of drug-likeness (QED) is 0.460. The van der Waals surface area contributed by atoms with Crippen LogP contribution in [0, 0.1) is 41.5 Å². The summed E-state index contributed by atoms with van der Waals surface area (Å²) < 4.78 is 2.10. The van der Waals surface area contributed by atoms with Crippen LogP contribution in [0.3, 0.4) is 0 Å². The molecule has 4 amide bonds. The van der Waals surface area contributed by atoms with E-state index in [0.29, 0.717) is 5.69 Å². The third-order valence-corrected chi connectivity index (χ3v) is 5.80. The number of nitrogens with one attached hydrogen (secondary N) is 1. The van der Waals surface area contributed by atoms with Gasteiger partial charge in [-0.05, 0) is 106 Å². The van der Waals surface area contributed by atoms with Gasteiger partial charge in [-0.25, -0.2) is 9.69 Å². The molecule has 1 saturated heterocycles. The second-order valence-electron chi connectivity index (χ2n) is 8.81. The minimum Gasteiger partial charge on any atom is -0.318 e. The van der Waals surface area contributed by atoms with E-state index in [0.717, 1.165) is 49.8 Å². The van der Waals surface area contributed by atoms with Crippen LogP contribution in [0.25, 0.3) is 11.8 Å². The van der Waals surface area contributed by atoms with Crippen LogP contribution in [0.1, 0.15) is 39.2 Å². The van der Waals surface area contributed by atoms with Crippen molar-refractivity contribution in [3.8, 4) is 5.69 Å². The highest BCUT2D eigenvalue weighted by Gasteiger charge is 2.37. The highest BCUT2D eigenvalue weighted by atomic mass is 16.2. The lowest BCUT2D eigenvalue weighted by Crippen LogP contribution is -2.54. The molecule has 0 bridgehead atoms. The molecule has 0 radical (unpaired) electrons. The van der Waals surface area contributed by atoms with E-state index in [1.807, 2.05) is 39.8 Å².